The van der Waals surface area contributed by atoms with Crippen molar-refractivity contribution >= 4 is 22.8 Å². The summed E-state index contributed by atoms with van der Waals surface area (Å²) in [5.74, 6) is 1.03. The highest BCUT2D eigenvalue weighted by molar-refractivity contribution is 7.10. The van der Waals surface area contributed by atoms with Gasteiger partial charge in [-0.3, -0.25) is 0 Å². The quantitative estimate of drug-likeness (QED) is 0.938. The molecule has 2 aromatic heterocycles. The van der Waals surface area contributed by atoms with E-state index in [1.54, 1.807) is 11.3 Å². The van der Waals surface area contributed by atoms with Gasteiger partial charge in [0.05, 0.1) is 31.1 Å². The van der Waals surface area contributed by atoms with Crippen molar-refractivity contribution in [1.29, 1.82) is 0 Å². The van der Waals surface area contributed by atoms with Gasteiger partial charge in [0.25, 0.3) is 0 Å². The number of thiophene rings is 1. The van der Waals surface area contributed by atoms with Crippen LogP contribution in [-0.4, -0.2) is 31.3 Å². The molecule has 1 aliphatic rings. The summed E-state index contributed by atoms with van der Waals surface area (Å²) in [5.41, 5.74) is 1.06. The van der Waals surface area contributed by atoms with Crippen molar-refractivity contribution in [2.45, 2.75) is 13.0 Å². The van der Waals surface area contributed by atoms with Gasteiger partial charge in [0.2, 0.25) is 0 Å². The molecular formula is C15H19N3OS. The van der Waals surface area contributed by atoms with Gasteiger partial charge < -0.3 is 15.0 Å². The molecule has 1 fully saturated rings. The van der Waals surface area contributed by atoms with Crippen LogP contribution >= 0.6 is 11.3 Å². The fraction of sp³-hybridized carbons (Fsp3) is 0.400. The number of pyridine rings is 1. The van der Waals surface area contributed by atoms with Crippen LogP contribution in [0.4, 0.5) is 11.5 Å². The normalized spacial score (nSPS) is 16.9. The molecule has 5 heteroatoms. The fourth-order valence-electron chi connectivity index (χ4n) is 2.31. The molecule has 0 amide bonds. The fourth-order valence-corrected chi connectivity index (χ4v) is 3.04. The van der Waals surface area contributed by atoms with Crippen molar-refractivity contribution in [2.75, 3.05) is 36.5 Å². The summed E-state index contributed by atoms with van der Waals surface area (Å²) in [6.45, 7) is 5.59. The van der Waals surface area contributed by atoms with Crippen molar-refractivity contribution in [3.8, 4) is 0 Å². The van der Waals surface area contributed by atoms with Gasteiger partial charge in [-0.05, 0) is 30.5 Å². The summed E-state index contributed by atoms with van der Waals surface area (Å²) in [4.78, 5) is 8.14. The minimum Gasteiger partial charge on any atom is -0.378 e. The zero-order valence-electron chi connectivity index (χ0n) is 11.6. The third-order valence-electron chi connectivity index (χ3n) is 3.44. The molecule has 1 aliphatic heterocycles. The molecule has 106 valence electrons. The van der Waals surface area contributed by atoms with Crippen LogP contribution in [0.5, 0.6) is 0 Å². The number of aromatic nitrogens is 1. The molecule has 0 aliphatic carbocycles. The standard InChI is InChI=1S/C15H19N3OS/c1-12(14-3-2-10-20-14)17-13-4-5-15(16-11-13)18-6-8-19-9-7-18/h2-5,10-12,17H,6-9H2,1H3. The number of nitrogens with zero attached hydrogens (tertiary/aromatic N) is 2. The molecule has 0 radical (unpaired) electrons. The Morgan fingerprint density at radius 2 is 2.15 bits per heavy atom. The topological polar surface area (TPSA) is 37.4 Å². The summed E-state index contributed by atoms with van der Waals surface area (Å²) in [5, 5.41) is 5.58. The van der Waals surface area contributed by atoms with E-state index in [1.807, 2.05) is 6.20 Å². The number of ether oxygens (including phenoxy) is 1. The van der Waals surface area contributed by atoms with Gasteiger partial charge in [-0.2, -0.15) is 0 Å². The summed E-state index contributed by atoms with van der Waals surface area (Å²) < 4.78 is 5.36. The van der Waals surface area contributed by atoms with Crippen molar-refractivity contribution in [3.05, 3.63) is 40.7 Å². The van der Waals surface area contributed by atoms with E-state index in [9.17, 15) is 0 Å². The maximum absolute atomic E-state index is 5.36. The maximum Gasteiger partial charge on any atom is 0.128 e. The average molecular weight is 289 g/mol. The molecule has 0 spiro atoms. The highest BCUT2D eigenvalue weighted by Crippen LogP contribution is 2.23. The third kappa shape index (κ3) is 3.11. The second-order valence-electron chi connectivity index (χ2n) is 4.89. The van der Waals surface area contributed by atoms with Gasteiger partial charge >= 0.3 is 0 Å². The largest absolute Gasteiger partial charge is 0.378 e. The second-order valence-corrected chi connectivity index (χ2v) is 5.87. The molecule has 3 heterocycles. The molecule has 1 saturated heterocycles. The van der Waals surface area contributed by atoms with Crippen LogP contribution in [0.1, 0.15) is 17.8 Å². The molecular weight excluding hydrogens is 270 g/mol. The molecule has 3 rings (SSSR count). The number of anilines is 2. The lowest BCUT2D eigenvalue weighted by Crippen LogP contribution is -2.36. The lowest BCUT2D eigenvalue weighted by molar-refractivity contribution is 0.122. The van der Waals surface area contributed by atoms with Gasteiger partial charge in [-0.1, -0.05) is 6.07 Å². The molecule has 0 saturated carbocycles. The van der Waals surface area contributed by atoms with Gasteiger partial charge in [0.1, 0.15) is 5.82 Å². The van der Waals surface area contributed by atoms with E-state index in [4.69, 9.17) is 4.74 Å². The first-order valence-electron chi connectivity index (χ1n) is 6.91. The van der Waals surface area contributed by atoms with Crippen LogP contribution in [0.15, 0.2) is 35.8 Å². The van der Waals surface area contributed by atoms with Crippen LogP contribution < -0.4 is 10.2 Å². The molecule has 1 unspecified atom stereocenters. The van der Waals surface area contributed by atoms with Crippen molar-refractivity contribution in [1.82, 2.24) is 4.98 Å². The molecule has 4 nitrogen and oxygen atoms in total. The van der Waals surface area contributed by atoms with E-state index < -0.39 is 0 Å². The Kier molecular flexibility index (Phi) is 4.18. The SMILES string of the molecule is CC(Nc1ccc(N2CCOCC2)nc1)c1cccs1. The Morgan fingerprint density at radius 1 is 1.30 bits per heavy atom. The van der Waals surface area contributed by atoms with E-state index in [1.165, 1.54) is 4.88 Å². The number of hydrogen-bond donors (Lipinski definition) is 1. The van der Waals surface area contributed by atoms with E-state index in [2.05, 4.69) is 51.8 Å². The van der Waals surface area contributed by atoms with E-state index in [-0.39, 0.29) is 0 Å². The zero-order chi connectivity index (χ0) is 13.8. The van der Waals surface area contributed by atoms with Crippen LogP contribution in [0.2, 0.25) is 0 Å². The number of hydrogen-bond acceptors (Lipinski definition) is 5. The number of morpholine rings is 1. The van der Waals surface area contributed by atoms with E-state index >= 15 is 0 Å². The molecule has 0 bridgehead atoms. The summed E-state index contributed by atoms with van der Waals surface area (Å²) in [6, 6.07) is 8.72. The highest BCUT2D eigenvalue weighted by atomic mass is 32.1. The molecule has 2 aromatic rings. The second kappa shape index (κ2) is 6.24. The zero-order valence-corrected chi connectivity index (χ0v) is 12.4. The van der Waals surface area contributed by atoms with Gasteiger partial charge in [0, 0.05) is 18.0 Å². The predicted molar refractivity (Wildman–Crippen MR) is 83.6 cm³/mol. The van der Waals surface area contributed by atoms with Gasteiger partial charge in [-0.15, -0.1) is 11.3 Å². The first-order valence-corrected chi connectivity index (χ1v) is 7.79. The average Bonchev–Trinajstić information content (AvgIpc) is 3.03. The van der Waals surface area contributed by atoms with Crippen LogP contribution in [0.25, 0.3) is 0 Å². The lowest BCUT2D eigenvalue weighted by Gasteiger charge is -2.27. The maximum atomic E-state index is 5.36. The Labute approximate surface area is 123 Å². The molecule has 1 atom stereocenters. The first-order chi connectivity index (χ1) is 9.83. The monoisotopic (exact) mass is 289 g/mol. The van der Waals surface area contributed by atoms with Gasteiger partial charge in [-0.25, -0.2) is 4.98 Å². The Morgan fingerprint density at radius 3 is 2.80 bits per heavy atom. The molecule has 20 heavy (non-hydrogen) atoms. The molecule has 0 aromatic carbocycles. The molecule has 1 N–H and O–H groups in total. The van der Waals surface area contributed by atoms with E-state index in [0.717, 1.165) is 37.8 Å². The van der Waals surface area contributed by atoms with Crippen LogP contribution in [0.3, 0.4) is 0 Å². The Hall–Kier alpha value is -1.59. The lowest BCUT2D eigenvalue weighted by atomic mass is 10.2. The minimum absolute atomic E-state index is 0.311. The van der Waals surface area contributed by atoms with E-state index in [0.29, 0.717) is 6.04 Å². The number of rotatable bonds is 4. The van der Waals surface area contributed by atoms with Crippen LogP contribution in [-0.2, 0) is 4.74 Å². The predicted octanol–water partition coefficient (Wildman–Crippen LogP) is 3.15. The summed E-state index contributed by atoms with van der Waals surface area (Å²) in [6.07, 6.45) is 1.91. The Balaban J connectivity index is 1.63. The summed E-state index contributed by atoms with van der Waals surface area (Å²) in [7, 11) is 0. The minimum atomic E-state index is 0.311. The smallest absolute Gasteiger partial charge is 0.128 e. The van der Waals surface area contributed by atoms with Crippen molar-refractivity contribution in [3.63, 3.8) is 0 Å². The number of nitrogens with one attached hydrogen (secondary N) is 1. The Bertz CT molecular complexity index is 521. The summed E-state index contributed by atoms with van der Waals surface area (Å²) >= 11 is 1.77. The highest BCUT2D eigenvalue weighted by Gasteiger charge is 2.12. The third-order valence-corrected chi connectivity index (χ3v) is 4.49. The van der Waals surface area contributed by atoms with Crippen molar-refractivity contribution < 1.29 is 4.74 Å². The van der Waals surface area contributed by atoms with Crippen LogP contribution in [0, 0.1) is 0 Å². The van der Waals surface area contributed by atoms with Crippen molar-refractivity contribution in [2.24, 2.45) is 0 Å². The van der Waals surface area contributed by atoms with Gasteiger partial charge in [0.15, 0.2) is 0 Å². The first kappa shape index (κ1) is 13.4.